The first-order chi connectivity index (χ1) is 9.74. The molecule has 0 saturated carbocycles. The Labute approximate surface area is 135 Å². The third-order valence-corrected chi connectivity index (χ3v) is 3.68. The summed E-state index contributed by atoms with van der Waals surface area (Å²) in [4.78, 5) is 18.8. The maximum absolute atomic E-state index is 10.6. The van der Waals surface area contributed by atoms with E-state index in [9.17, 15) is 10.1 Å². The lowest BCUT2D eigenvalue weighted by Gasteiger charge is -1.96. The third kappa shape index (κ3) is 3.32. The molecule has 0 bridgehead atoms. The number of benzene rings is 1. The van der Waals surface area contributed by atoms with E-state index in [1.807, 2.05) is 17.5 Å². The average molecular weight is 364 g/mol. The van der Waals surface area contributed by atoms with Gasteiger partial charge in [0.2, 0.25) is 0 Å². The third-order valence-electron chi connectivity index (χ3n) is 2.79. The fourth-order valence-corrected chi connectivity index (χ4v) is 2.60. The van der Waals surface area contributed by atoms with Crippen molar-refractivity contribution >= 4 is 34.0 Å². The molecular weight excluding hydrogens is 354 g/mol. The van der Waals surface area contributed by atoms with Crippen LogP contribution in [0.3, 0.4) is 0 Å². The van der Waals surface area contributed by atoms with E-state index >= 15 is 0 Å². The summed E-state index contributed by atoms with van der Waals surface area (Å²) < 4.78 is 0. The van der Waals surface area contributed by atoms with E-state index in [-0.39, 0.29) is 22.7 Å². The highest BCUT2D eigenvalue weighted by Crippen LogP contribution is 2.29. The van der Waals surface area contributed by atoms with Crippen LogP contribution in [0.25, 0.3) is 21.8 Å². The lowest BCUT2D eigenvalue weighted by molar-refractivity contribution is -0.384. The van der Waals surface area contributed by atoms with Crippen molar-refractivity contribution in [1.82, 2.24) is 9.97 Å². The van der Waals surface area contributed by atoms with Gasteiger partial charge in [-0.15, -0.1) is 28.3 Å². The Morgan fingerprint density at radius 2 is 1.86 bits per heavy atom. The second-order valence-electron chi connectivity index (χ2n) is 4.08. The Morgan fingerprint density at radius 3 is 2.48 bits per heavy atom. The van der Waals surface area contributed by atoms with Gasteiger partial charge >= 0.3 is 0 Å². The largest absolute Gasteiger partial charge is 0.269 e. The van der Waals surface area contributed by atoms with Crippen molar-refractivity contribution in [3.05, 3.63) is 64.3 Å². The summed E-state index contributed by atoms with van der Waals surface area (Å²) in [7, 11) is 0. The average Bonchev–Trinajstić information content (AvgIpc) is 2.98. The highest BCUT2D eigenvalue weighted by atomic mass is 79.9. The number of nitro groups is 1. The molecule has 5 nitrogen and oxygen atoms in total. The minimum atomic E-state index is -0.411. The van der Waals surface area contributed by atoms with Gasteiger partial charge in [-0.2, -0.15) is 0 Å². The van der Waals surface area contributed by atoms with E-state index in [4.69, 9.17) is 0 Å². The van der Waals surface area contributed by atoms with Crippen LogP contribution in [0.5, 0.6) is 0 Å². The number of aromatic nitrogens is 2. The first-order valence-electron chi connectivity index (χ1n) is 5.85. The number of hydrogen-bond acceptors (Lipinski definition) is 5. The second kappa shape index (κ2) is 6.55. The summed E-state index contributed by atoms with van der Waals surface area (Å²) in [6.45, 7) is 0. The quantitative estimate of drug-likeness (QED) is 0.512. The van der Waals surface area contributed by atoms with Crippen LogP contribution in [0.2, 0.25) is 0 Å². The number of nitrogens with zero attached hydrogens (tertiary/aromatic N) is 3. The molecule has 0 amide bonds. The zero-order valence-corrected chi connectivity index (χ0v) is 13.2. The number of rotatable bonds is 3. The summed E-state index contributed by atoms with van der Waals surface area (Å²) in [6.07, 6.45) is 3.48. The van der Waals surface area contributed by atoms with Crippen LogP contribution in [0.15, 0.2) is 54.2 Å². The molecule has 21 heavy (non-hydrogen) atoms. The van der Waals surface area contributed by atoms with Gasteiger partial charge in [0.05, 0.1) is 10.6 Å². The smallest absolute Gasteiger partial charge is 0.264 e. The molecule has 3 rings (SSSR count). The molecule has 0 atom stereocenters. The monoisotopic (exact) mass is 363 g/mol. The Hall–Kier alpha value is -2.12. The molecule has 0 N–H and O–H groups in total. The lowest BCUT2D eigenvalue weighted by Crippen LogP contribution is -1.87. The summed E-state index contributed by atoms with van der Waals surface area (Å²) in [5.74, 6) is 0. The molecular formula is C14H10BrN3O2S. The maximum atomic E-state index is 10.6. The van der Waals surface area contributed by atoms with Crippen molar-refractivity contribution in [2.24, 2.45) is 0 Å². The fourth-order valence-electron chi connectivity index (χ4n) is 1.78. The van der Waals surface area contributed by atoms with Gasteiger partial charge in [0.25, 0.3) is 5.69 Å². The van der Waals surface area contributed by atoms with Crippen LogP contribution in [0, 0.1) is 10.1 Å². The first kappa shape index (κ1) is 15.3. The summed E-state index contributed by atoms with van der Waals surface area (Å²) in [6, 6.07) is 10.2. The molecule has 1 aromatic carbocycles. The van der Waals surface area contributed by atoms with Gasteiger partial charge in [-0.1, -0.05) is 0 Å². The van der Waals surface area contributed by atoms with E-state index < -0.39 is 4.92 Å². The van der Waals surface area contributed by atoms with Crippen LogP contribution in [-0.4, -0.2) is 14.9 Å². The molecule has 2 aromatic heterocycles. The second-order valence-corrected chi connectivity index (χ2v) is 4.94. The SMILES string of the molecule is Br.O=[N+]([O-])c1ccc(-c2csc(-c3cccnc3)n2)cc1. The van der Waals surface area contributed by atoms with Crippen molar-refractivity contribution in [3.8, 4) is 21.8 Å². The molecule has 2 heterocycles. The molecule has 0 spiro atoms. The lowest BCUT2D eigenvalue weighted by atomic mass is 10.1. The minimum Gasteiger partial charge on any atom is -0.264 e. The number of pyridine rings is 1. The van der Waals surface area contributed by atoms with Crippen LogP contribution in [0.1, 0.15) is 0 Å². The number of nitro benzene ring substituents is 1. The van der Waals surface area contributed by atoms with Gasteiger partial charge in [-0.25, -0.2) is 4.98 Å². The zero-order chi connectivity index (χ0) is 13.9. The van der Waals surface area contributed by atoms with Crippen LogP contribution in [-0.2, 0) is 0 Å². The standard InChI is InChI=1S/C14H9N3O2S.BrH/c18-17(19)12-5-3-10(4-6-12)13-9-20-14(16-13)11-2-1-7-15-8-11;/h1-9H;1H. The van der Waals surface area contributed by atoms with Gasteiger partial charge in [-0.05, 0) is 24.3 Å². The van der Waals surface area contributed by atoms with E-state index in [1.165, 1.54) is 23.5 Å². The van der Waals surface area contributed by atoms with E-state index in [0.29, 0.717) is 0 Å². The molecule has 106 valence electrons. The van der Waals surface area contributed by atoms with E-state index in [2.05, 4.69) is 9.97 Å². The topological polar surface area (TPSA) is 68.9 Å². The van der Waals surface area contributed by atoms with E-state index in [0.717, 1.165) is 21.8 Å². The van der Waals surface area contributed by atoms with Crippen molar-refractivity contribution in [2.75, 3.05) is 0 Å². The van der Waals surface area contributed by atoms with Gasteiger partial charge in [0.15, 0.2) is 0 Å². The number of halogens is 1. The van der Waals surface area contributed by atoms with Crippen molar-refractivity contribution in [2.45, 2.75) is 0 Å². The summed E-state index contributed by atoms with van der Waals surface area (Å²) in [5.41, 5.74) is 2.72. The van der Waals surface area contributed by atoms with Gasteiger partial charge in [0, 0.05) is 41.0 Å². The molecule has 7 heteroatoms. The van der Waals surface area contributed by atoms with Gasteiger partial charge in [0.1, 0.15) is 5.01 Å². The highest BCUT2D eigenvalue weighted by molar-refractivity contribution is 8.93. The van der Waals surface area contributed by atoms with Gasteiger partial charge < -0.3 is 0 Å². The molecule has 0 saturated heterocycles. The predicted molar refractivity (Wildman–Crippen MR) is 87.8 cm³/mol. The van der Waals surface area contributed by atoms with Gasteiger partial charge in [-0.3, -0.25) is 15.1 Å². The van der Waals surface area contributed by atoms with Crippen molar-refractivity contribution in [1.29, 1.82) is 0 Å². The van der Waals surface area contributed by atoms with Crippen molar-refractivity contribution in [3.63, 3.8) is 0 Å². The minimum absolute atomic E-state index is 0. The summed E-state index contributed by atoms with van der Waals surface area (Å²) in [5, 5.41) is 13.4. The highest BCUT2D eigenvalue weighted by Gasteiger charge is 2.09. The van der Waals surface area contributed by atoms with Crippen LogP contribution in [0.4, 0.5) is 5.69 Å². The first-order valence-corrected chi connectivity index (χ1v) is 6.73. The molecule has 0 aliphatic heterocycles. The summed E-state index contributed by atoms with van der Waals surface area (Å²) >= 11 is 1.52. The molecule has 0 radical (unpaired) electrons. The molecule has 0 fully saturated rings. The number of thiazole rings is 1. The predicted octanol–water partition coefficient (Wildman–Crippen LogP) is 4.36. The number of hydrogen-bond donors (Lipinski definition) is 0. The molecule has 0 aliphatic rings. The molecule has 0 aliphatic carbocycles. The Bertz CT molecular complexity index is 744. The molecule has 3 aromatic rings. The Balaban J connectivity index is 0.00000161. The fraction of sp³-hybridized carbons (Fsp3) is 0. The Morgan fingerprint density at radius 1 is 1.10 bits per heavy atom. The Kier molecular flexibility index (Phi) is 4.77. The normalized spacial score (nSPS) is 9.90. The van der Waals surface area contributed by atoms with Crippen LogP contribution < -0.4 is 0 Å². The van der Waals surface area contributed by atoms with Crippen LogP contribution >= 0.6 is 28.3 Å². The van der Waals surface area contributed by atoms with E-state index in [1.54, 1.807) is 24.5 Å². The zero-order valence-electron chi connectivity index (χ0n) is 10.7. The van der Waals surface area contributed by atoms with Crippen molar-refractivity contribution < 1.29 is 4.92 Å². The number of non-ortho nitro benzene ring substituents is 1. The maximum Gasteiger partial charge on any atom is 0.269 e. The molecule has 0 unspecified atom stereocenters.